The Bertz CT molecular complexity index is 1760. The van der Waals surface area contributed by atoms with Crippen LogP contribution in [-0.2, 0) is 0 Å². The van der Waals surface area contributed by atoms with Crippen LogP contribution in [-0.4, -0.2) is 35.4 Å². The van der Waals surface area contributed by atoms with Gasteiger partial charge in [-0.2, -0.15) is 0 Å². The van der Waals surface area contributed by atoms with Crippen LogP contribution in [0.5, 0.6) is 23.0 Å². The molecular weight excluding hydrogens is 494 g/mol. The van der Waals surface area contributed by atoms with Crippen LogP contribution >= 0.6 is 0 Å². The molecule has 4 heterocycles. The molecule has 0 atom stereocenters. The maximum absolute atomic E-state index is 12.0. The van der Waals surface area contributed by atoms with Crippen molar-refractivity contribution >= 4 is 21.9 Å². The third kappa shape index (κ3) is 4.46. The Morgan fingerprint density at radius 1 is 0.605 bits per heavy atom. The minimum atomic E-state index is -0.465. The second-order valence-corrected chi connectivity index (χ2v) is 7.94. The molecule has 0 unspecified atom stereocenters. The number of aromatic nitrogens is 3. The molecule has 0 bridgehead atoms. The Balaban J connectivity index is 0.000000155. The number of benzene rings is 2. The van der Waals surface area contributed by atoms with Gasteiger partial charge in [-0.1, -0.05) is 0 Å². The van der Waals surface area contributed by atoms with Crippen LogP contribution < -0.4 is 10.9 Å². The Morgan fingerprint density at radius 3 is 1.61 bits per heavy atom. The number of phenols is 4. The van der Waals surface area contributed by atoms with Gasteiger partial charge in [-0.15, -0.1) is 0 Å². The van der Waals surface area contributed by atoms with E-state index in [1.165, 1.54) is 55.1 Å². The van der Waals surface area contributed by atoms with Crippen molar-refractivity contribution in [3.05, 3.63) is 100 Å². The van der Waals surface area contributed by atoms with E-state index in [-0.39, 0.29) is 55.8 Å². The predicted molar refractivity (Wildman–Crippen MR) is 136 cm³/mol. The molecule has 0 fully saturated rings. The summed E-state index contributed by atoms with van der Waals surface area (Å²) < 4.78 is 10.9. The van der Waals surface area contributed by atoms with E-state index in [1.54, 1.807) is 24.5 Å². The van der Waals surface area contributed by atoms with Gasteiger partial charge in [-0.25, -0.2) is 9.97 Å². The van der Waals surface area contributed by atoms with Crippen LogP contribution in [0.2, 0.25) is 0 Å². The third-order valence-corrected chi connectivity index (χ3v) is 5.49. The lowest BCUT2D eigenvalue weighted by atomic mass is 10.1. The molecule has 2 aromatic carbocycles. The molecule has 4 N–H and O–H groups in total. The highest BCUT2D eigenvalue weighted by Gasteiger charge is 2.14. The van der Waals surface area contributed by atoms with Crippen molar-refractivity contribution in [3.63, 3.8) is 0 Å². The zero-order valence-electron chi connectivity index (χ0n) is 19.3. The highest BCUT2D eigenvalue weighted by atomic mass is 16.4. The molecule has 11 nitrogen and oxygen atoms in total. The summed E-state index contributed by atoms with van der Waals surface area (Å²) in [6.07, 6.45) is 7.47. The van der Waals surface area contributed by atoms with Crippen LogP contribution in [0.4, 0.5) is 0 Å². The van der Waals surface area contributed by atoms with Gasteiger partial charge in [0.05, 0.1) is 16.3 Å². The Labute approximate surface area is 212 Å². The second kappa shape index (κ2) is 9.74. The van der Waals surface area contributed by atoms with Gasteiger partial charge in [0.2, 0.25) is 11.5 Å². The average molecular weight is 511 g/mol. The molecule has 0 saturated carbocycles. The topological polar surface area (TPSA) is 180 Å². The predicted octanol–water partition coefficient (Wildman–Crippen LogP) is 3.93. The number of phenolic OH excluding ortho intramolecular Hbond substituents is 4. The first-order chi connectivity index (χ1) is 18.3. The number of nitrogens with zero attached hydrogens (tertiary/aromatic N) is 3. The quantitative estimate of drug-likeness (QED) is 0.247. The van der Waals surface area contributed by atoms with Gasteiger partial charge in [0.1, 0.15) is 17.8 Å². The summed E-state index contributed by atoms with van der Waals surface area (Å²) in [6, 6.07) is 11.3. The van der Waals surface area contributed by atoms with Crippen LogP contribution in [0.25, 0.3) is 44.6 Å². The first-order valence-corrected chi connectivity index (χ1v) is 11.0. The van der Waals surface area contributed by atoms with E-state index in [4.69, 9.17) is 8.83 Å². The van der Waals surface area contributed by atoms with E-state index in [1.807, 2.05) is 0 Å². The summed E-state index contributed by atoms with van der Waals surface area (Å²) in [4.78, 5) is 35.5. The van der Waals surface area contributed by atoms with Crippen LogP contribution in [0.3, 0.4) is 0 Å². The first kappa shape index (κ1) is 24.0. The van der Waals surface area contributed by atoms with E-state index in [9.17, 15) is 30.0 Å². The monoisotopic (exact) mass is 511 g/mol. The van der Waals surface area contributed by atoms with Gasteiger partial charge in [0, 0.05) is 42.5 Å². The van der Waals surface area contributed by atoms with Crippen LogP contribution in [0, 0.1) is 0 Å². The fraction of sp³-hybridized carbons (Fsp3) is 0. The zero-order chi connectivity index (χ0) is 26.8. The highest BCUT2D eigenvalue weighted by Crippen LogP contribution is 2.35. The Morgan fingerprint density at radius 2 is 1.11 bits per heavy atom. The number of aromatic hydroxyl groups is 4. The molecule has 0 radical (unpaired) electrons. The van der Waals surface area contributed by atoms with Crippen molar-refractivity contribution < 1.29 is 29.3 Å². The number of hydrogen-bond donors (Lipinski definition) is 4. The van der Waals surface area contributed by atoms with Gasteiger partial charge in [0.25, 0.3) is 0 Å². The molecule has 0 spiro atoms. The van der Waals surface area contributed by atoms with Gasteiger partial charge in [-0.3, -0.25) is 14.6 Å². The molecule has 38 heavy (non-hydrogen) atoms. The van der Waals surface area contributed by atoms with Gasteiger partial charge in [-0.05, 0) is 36.4 Å². The molecule has 0 aliphatic rings. The summed E-state index contributed by atoms with van der Waals surface area (Å²) in [5.74, 6) is -1.09. The highest BCUT2D eigenvalue weighted by molar-refractivity contribution is 5.87. The van der Waals surface area contributed by atoms with Crippen molar-refractivity contribution in [3.8, 4) is 45.6 Å². The summed E-state index contributed by atoms with van der Waals surface area (Å²) in [5.41, 5.74) is 0.400. The molecular formula is C27H17N3O8. The lowest BCUT2D eigenvalue weighted by Gasteiger charge is -2.05. The molecule has 188 valence electrons. The summed E-state index contributed by atoms with van der Waals surface area (Å²) in [6.45, 7) is 0. The number of rotatable bonds is 2. The molecule has 6 aromatic rings. The molecule has 0 amide bonds. The van der Waals surface area contributed by atoms with Gasteiger partial charge in [0.15, 0.2) is 33.5 Å². The minimum Gasteiger partial charge on any atom is -0.504 e. The molecule has 0 aliphatic heterocycles. The molecule has 4 aromatic heterocycles. The zero-order valence-corrected chi connectivity index (χ0v) is 19.3. The Kier molecular flexibility index (Phi) is 6.15. The SMILES string of the molecule is O=c1cc(-c2cccnc2)oc2c(O)c(O)ccc12.O=c1cc(-c2cncnc2)oc2c(O)c(O)ccc12. The van der Waals surface area contributed by atoms with Crippen molar-refractivity contribution in [1.29, 1.82) is 0 Å². The van der Waals surface area contributed by atoms with Crippen molar-refractivity contribution in [1.82, 2.24) is 15.0 Å². The summed E-state index contributed by atoms with van der Waals surface area (Å²) in [5, 5.41) is 38.8. The van der Waals surface area contributed by atoms with E-state index in [0.29, 0.717) is 11.1 Å². The van der Waals surface area contributed by atoms with Crippen LogP contribution in [0.1, 0.15) is 0 Å². The maximum atomic E-state index is 12.0. The van der Waals surface area contributed by atoms with E-state index in [2.05, 4.69) is 15.0 Å². The minimum absolute atomic E-state index is 0.0358. The molecule has 0 saturated heterocycles. The van der Waals surface area contributed by atoms with Crippen LogP contribution in [0.15, 0.2) is 98.1 Å². The largest absolute Gasteiger partial charge is 0.504 e. The van der Waals surface area contributed by atoms with Crippen molar-refractivity contribution in [2.75, 3.05) is 0 Å². The maximum Gasteiger partial charge on any atom is 0.201 e. The van der Waals surface area contributed by atoms with Gasteiger partial charge >= 0.3 is 0 Å². The number of fused-ring (bicyclic) bond motifs is 2. The van der Waals surface area contributed by atoms with E-state index < -0.39 is 11.5 Å². The lowest BCUT2D eigenvalue weighted by molar-refractivity contribution is 0.400. The second-order valence-electron chi connectivity index (χ2n) is 7.94. The van der Waals surface area contributed by atoms with Crippen molar-refractivity contribution in [2.24, 2.45) is 0 Å². The number of pyridine rings is 1. The third-order valence-electron chi connectivity index (χ3n) is 5.49. The lowest BCUT2D eigenvalue weighted by Crippen LogP contribution is -2.00. The smallest absolute Gasteiger partial charge is 0.201 e. The molecule has 0 aliphatic carbocycles. The van der Waals surface area contributed by atoms with Gasteiger partial charge < -0.3 is 29.3 Å². The number of hydrogen-bond acceptors (Lipinski definition) is 11. The summed E-state index contributed by atoms with van der Waals surface area (Å²) >= 11 is 0. The normalized spacial score (nSPS) is 10.7. The fourth-order valence-electron chi connectivity index (χ4n) is 3.61. The molecule has 11 heteroatoms. The van der Waals surface area contributed by atoms with Crippen molar-refractivity contribution in [2.45, 2.75) is 0 Å². The summed E-state index contributed by atoms with van der Waals surface area (Å²) in [7, 11) is 0. The first-order valence-electron chi connectivity index (χ1n) is 11.0. The van der Waals surface area contributed by atoms with E-state index in [0.717, 1.165) is 0 Å². The molecule has 6 rings (SSSR count). The van der Waals surface area contributed by atoms with E-state index >= 15 is 0 Å². The fourth-order valence-corrected chi connectivity index (χ4v) is 3.61. The Hall–Kier alpha value is -5.71. The standard InChI is InChI=1S/C14H9NO4.C13H8N2O4/c16-10-4-3-9-11(17)6-12(19-14(9)13(10)18)8-2-1-5-15-7-8;16-9-2-1-8-10(17)3-11(19-13(8)12(9)18)7-4-14-6-15-5-7/h1-7,16,18H;1-6,16,18H. The average Bonchev–Trinajstić information content (AvgIpc) is 2.94.